The largest absolute Gasteiger partial charge is 0.367 e. The number of nitrogens with zero attached hydrogens (tertiary/aromatic N) is 4. The molecule has 0 aliphatic carbocycles. The third kappa shape index (κ3) is 4.45. The number of amidine groups is 1. The van der Waals surface area contributed by atoms with Gasteiger partial charge in [-0.15, -0.1) is 0 Å². The van der Waals surface area contributed by atoms with Crippen LogP contribution in [0.25, 0.3) is 0 Å². The van der Waals surface area contributed by atoms with E-state index in [2.05, 4.69) is 45.3 Å². The number of aliphatic imine (C=N–C) groups is 1. The number of hydroxylamine groups is 1. The zero-order valence-electron chi connectivity index (χ0n) is 19.2. The number of piperazine rings is 1. The molecule has 0 radical (unpaired) electrons. The molecular weight excluding hydrogens is 441 g/mol. The minimum atomic E-state index is -0.254. The van der Waals surface area contributed by atoms with E-state index in [-0.39, 0.29) is 18.0 Å². The average Bonchev–Trinajstić information content (AvgIpc) is 3.23. The van der Waals surface area contributed by atoms with Crippen molar-refractivity contribution in [2.45, 2.75) is 32.5 Å². The highest BCUT2D eigenvalue weighted by atomic mass is 35.5. The van der Waals surface area contributed by atoms with Crippen molar-refractivity contribution >= 4 is 28.8 Å². The minimum absolute atomic E-state index is 0.0299. The zero-order valence-corrected chi connectivity index (χ0v) is 19.9. The van der Waals surface area contributed by atoms with E-state index < -0.39 is 0 Å². The van der Waals surface area contributed by atoms with Crippen molar-refractivity contribution in [3.05, 3.63) is 70.1 Å². The lowest BCUT2D eigenvalue weighted by molar-refractivity contribution is 0.0502. The fraction of sp³-hybridized carbons (Fsp3) is 0.400. The topological polar surface area (TPSA) is 43.3 Å². The van der Waals surface area contributed by atoms with Gasteiger partial charge in [0, 0.05) is 61.1 Å². The van der Waals surface area contributed by atoms with Crippen LogP contribution < -0.4 is 15.3 Å². The number of benzene rings is 2. The first kappa shape index (κ1) is 22.2. The molecule has 0 aromatic heterocycles. The molecule has 2 atom stereocenters. The number of rotatable bonds is 4. The first-order valence-electron chi connectivity index (χ1n) is 11.4. The Labute approximate surface area is 199 Å². The predicted molar refractivity (Wildman–Crippen MR) is 131 cm³/mol. The molecule has 5 rings (SSSR count). The number of fused-ring (bicyclic) bond motifs is 1. The van der Waals surface area contributed by atoms with E-state index in [0.29, 0.717) is 23.1 Å². The summed E-state index contributed by atoms with van der Waals surface area (Å²) in [5.41, 5.74) is 7.67. The standard InChI is InChI=1S/C25H29ClFN5O/c1-16-20-12-22(27)24(31-10-8-30(3)9-11-31)13-23(20)32(14-18-4-6-19(26)7-5-18)15-21(16)25-28-17(2)33-29-25/h4-7,12-13,15-17H,8-11,14H2,1-3H3,(H,28,29). The fourth-order valence-electron chi connectivity index (χ4n) is 4.66. The van der Waals surface area contributed by atoms with Crippen LogP contribution in [0.5, 0.6) is 0 Å². The van der Waals surface area contributed by atoms with Gasteiger partial charge in [-0.1, -0.05) is 30.7 Å². The van der Waals surface area contributed by atoms with Crippen molar-refractivity contribution in [2.24, 2.45) is 4.99 Å². The van der Waals surface area contributed by atoms with Crippen LogP contribution in [-0.4, -0.2) is 50.2 Å². The van der Waals surface area contributed by atoms with Gasteiger partial charge < -0.3 is 14.7 Å². The Morgan fingerprint density at radius 2 is 1.82 bits per heavy atom. The third-order valence-electron chi connectivity index (χ3n) is 6.65. The van der Waals surface area contributed by atoms with Gasteiger partial charge in [-0.3, -0.25) is 0 Å². The molecule has 3 heterocycles. The monoisotopic (exact) mass is 469 g/mol. The summed E-state index contributed by atoms with van der Waals surface area (Å²) >= 11 is 6.10. The van der Waals surface area contributed by atoms with Gasteiger partial charge in [0.15, 0.2) is 12.1 Å². The van der Waals surface area contributed by atoms with Crippen LogP contribution in [0.3, 0.4) is 0 Å². The molecule has 1 saturated heterocycles. The highest BCUT2D eigenvalue weighted by molar-refractivity contribution is 6.30. The number of nitrogens with one attached hydrogen (secondary N) is 1. The predicted octanol–water partition coefficient (Wildman–Crippen LogP) is 4.52. The molecule has 2 aromatic rings. The Balaban J connectivity index is 1.55. The summed E-state index contributed by atoms with van der Waals surface area (Å²) in [4.78, 5) is 16.6. The van der Waals surface area contributed by atoms with Crippen LogP contribution in [0.4, 0.5) is 15.8 Å². The summed E-state index contributed by atoms with van der Waals surface area (Å²) < 4.78 is 15.4. The maximum Gasteiger partial charge on any atom is 0.174 e. The lowest BCUT2D eigenvalue weighted by Gasteiger charge is -2.37. The van der Waals surface area contributed by atoms with Gasteiger partial charge in [-0.25, -0.2) is 19.7 Å². The molecule has 174 valence electrons. The Morgan fingerprint density at radius 3 is 2.48 bits per heavy atom. The van der Waals surface area contributed by atoms with Gasteiger partial charge in [-0.05, 0) is 49.4 Å². The van der Waals surface area contributed by atoms with Crippen LogP contribution in [0.2, 0.25) is 5.02 Å². The first-order chi connectivity index (χ1) is 15.9. The summed E-state index contributed by atoms with van der Waals surface area (Å²) in [5.74, 6) is 0.492. The molecule has 8 heteroatoms. The van der Waals surface area contributed by atoms with E-state index in [9.17, 15) is 0 Å². The molecule has 1 fully saturated rings. The van der Waals surface area contributed by atoms with Crippen molar-refractivity contribution in [2.75, 3.05) is 43.0 Å². The van der Waals surface area contributed by atoms with Gasteiger partial charge in [0.1, 0.15) is 5.82 Å². The number of halogens is 2. The number of likely N-dealkylation sites (N-methyl/N-ethyl adjacent to an activating group) is 1. The van der Waals surface area contributed by atoms with E-state index in [0.717, 1.165) is 48.6 Å². The van der Waals surface area contributed by atoms with Crippen molar-refractivity contribution in [3.63, 3.8) is 0 Å². The quantitative estimate of drug-likeness (QED) is 0.713. The Kier molecular flexibility index (Phi) is 6.03. The maximum absolute atomic E-state index is 15.4. The molecule has 0 saturated carbocycles. The average molecular weight is 470 g/mol. The molecule has 0 amide bonds. The normalized spacial score (nSPS) is 23.2. The number of hydrogen-bond donors (Lipinski definition) is 1. The van der Waals surface area contributed by atoms with Crippen LogP contribution in [0.15, 0.2) is 53.2 Å². The van der Waals surface area contributed by atoms with Crippen molar-refractivity contribution in [3.8, 4) is 0 Å². The van der Waals surface area contributed by atoms with E-state index >= 15 is 4.39 Å². The van der Waals surface area contributed by atoms with E-state index in [1.165, 1.54) is 0 Å². The van der Waals surface area contributed by atoms with Gasteiger partial charge in [-0.2, -0.15) is 0 Å². The summed E-state index contributed by atoms with van der Waals surface area (Å²) in [7, 11) is 2.10. The van der Waals surface area contributed by atoms with Gasteiger partial charge in [0.05, 0.1) is 5.69 Å². The summed E-state index contributed by atoms with van der Waals surface area (Å²) in [6, 6.07) is 11.6. The van der Waals surface area contributed by atoms with Gasteiger partial charge in [0.2, 0.25) is 0 Å². The molecule has 3 aliphatic heterocycles. The second-order valence-corrected chi connectivity index (χ2v) is 9.45. The van der Waals surface area contributed by atoms with E-state index in [4.69, 9.17) is 16.4 Å². The summed E-state index contributed by atoms with van der Waals surface area (Å²) in [6.45, 7) is 8.09. The lowest BCUT2D eigenvalue weighted by atomic mass is 9.87. The molecular formula is C25H29ClFN5O. The summed E-state index contributed by atoms with van der Waals surface area (Å²) in [5, 5.41) is 0.706. The smallest absolute Gasteiger partial charge is 0.174 e. The number of anilines is 2. The lowest BCUT2D eigenvalue weighted by Crippen LogP contribution is -2.45. The van der Waals surface area contributed by atoms with Crippen molar-refractivity contribution in [1.29, 1.82) is 0 Å². The van der Waals surface area contributed by atoms with Crippen LogP contribution in [-0.2, 0) is 11.4 Å². The van der Waals surface area contributed by atoms with Crippen molar-refractivity contribution < 1.29 is 9.23 Å². The molecule has 0 bridgehead atoms. The molecule has 3 aliphatic rings. The van der Waals surface area contributed by atoms with Crippen LogP contribution >= 0.6 is 11.6 Å². The molecule has 33 heavy (non-hydrogen) atoms. The Hall–Kier alpha value is -2.61. The Morgan fingerprint density at radius 1 is 1.09 bits per heavy atom. The van der Waals surface area contributed by atoms with Crippen molar-refractivity contribution in [1.82, 2.24) is 10.4 Å². The minimum Gasteiger partial charge on any atom is -0.367 e. The molecule has 2 aromatic carbocycles. The first-order valence-corrected chi connectivity index (χ1v) is 11.8. The second kappa shape index (κ2) is 8.97. The van der Waals surface area contributed by atoms with E-state index in [1.54, 1.807) is 6.07 Å². The fourth-order valence-corrected chi connectivity index (χ4v) is 4.79. The summed E-state index contributed by atoms with van der Waals surface area (Å²) in [6.07, 6.45) is 1.86. The van der Waals surface area contributed by atoms with Crippen LogP contribution in [0, 0.1) is 5.82 Å². The highest BCUT2D eigenvalue weighted by Crippen LogP contribution is 2.42. The van der Waals surface area contributed by atoms with E-state index in [1.807, 2.05) is 37.3 Å². The molecule has 2 unspecified atom stereocenters. The molecule has 0 spiro atoms. The maximum atomic E-state index is 15.4. The van der Waals surface area contributed by atoms with Crippen LogP contribution in [0.1, 0.15) is 30.9 Å². The van der Waals surface area contributed by atoms with Gasteiger partial charge >= 0.3 is 0 Å². The highest BCUT2D eigenvalue weighted by Gasteiger charge is 2.31. The SMILES string of the molecule is CC1N=C(C2=CN(Cc3ccc(Cl)cc3)c3cc(N4CCN(C)CC4)c(F)cc3C2C)NO1. The second-order valence-electron chi connectivity index (χ2n) is 9.01. The zero-order chi connectivity index (χ0) is 23.1. The Bertz CT molecular complexity index is 1090. The van der Waals surface area contributed by atoms with Gasteiger partial charge in [0.25, 0.3) is 0 Å². The third-order valence-corrected chi connectivity index (χ3v) is 6.91. The number of hydrogen-bond acceptors (Lipinski definition) is 6. The molecule has 6 nitrogen and oxygen atoms in total. The molecule has 1 N–H and O–H groups in total.